The first-order chi connectivity index (χ1) is 18.7. The topological polar surface area (TPSA) is 80.8 Å². The standard InChI is InChI=1S/C31H32FNO5S/c1-38-30(34)18-13-22-7-6-10-27(19-22)33(31(35)25-8-4-3-5-9-25)21-23-11-14-24(15-12-23)26-16-17-29(28(32)20-26)39(2,36)37/h6-7,10-20,25H,3-5,8-9,21H2,1-2H3/b18-13+. The highest BCUT2D eigenvalue weighted by molar-refractivity contribution is 7.90. The minimum absolute atomic E-state index is 0.0383. The molecular formula is C31H32FNO5S. The van der Waals surface area contributed by atoms with Gasteiger partial charge in [0.2, 0.25) is 5.91 Å². The van der Waals surface area contributed by atoms with Crippen molar-refractivity contribution in [2.45, 2.75) is 43.5 Å². The average molecular weight is 550 g/mol. The summed E-state index contributed by atoms with van der Waals surface area (Å²) in [6.45, 7) is 0.348. The summed E-state index contributed by atoms with van der Waals surface area (Å²) >= 11 is 0. The van der Waals surface area contributed by atoms with Crippen molar-refractivity contribution >= 4 is 33.5 Å². The molecule has 0 radical (unpaired) electrons. The molecule has 0 heterocycles. The molecule has 0 atom stereocenters. The molecule has 1 aliphatic rings. The number of esters is 1. The molecule has 6 nitrogen and oxygen atoms in total. The van der Waals surface area contributed by atoms with Gasteiger partial charge in [-0.25, -0.2) is 17.6 Å². The van der Waals surface area contributed by atoms with Crippen LogP contribution in [0.1, 0.15) is 43.2 Å². The van der Waals surface area contributed by atoms with Crippen molar-refractivity contribution in [2.75, 3.05) is 18.3 Å². The fourth-order valence-corrected chi connectivity index (χ4v) is 5.59. The minimum Gasteiger partial charge on any atom is -0.466 e. The zero-order chi connectivity index (χ0) is 28.0. The number of rotatable bonds is 8. The Morgan fingerprint density at radius 3 is 2.31 bits per heavy atom. The van der Waals surface area contributed by atoms with Crippen molar-refractivity contribution in [3.8, 4) is 11.1 Å². The number of hydrogen-bond donors (Lipinski definition) is 0. The van der Waals surface area contributed by atoms with E-state index in [0.717, 1.165) is 60.7 Å². The summed E-state index contributed by atoms with van der Waals surface area (Å²) in [6.07, 6.45) is 8.93. The van der Waals surface area contributed by atoms with Gasteiger partial charge in [-0.05, 0) is 65.4 Å². The molecule has 8 heteroatoms. The Morgan fingerprint density at radius 2 is 1.67 bits per heavy atom. The van der Waals surface area contributed by atoms with Gasteiger partial charge in [-0.2, -0.15) is 0 Å². The number of amides is 1. The van der Waals surface area contributed by atoms with Gasteiger partial charge in [-0.3, -0.25) is 4.79 Å². The van der Waals surface area contributed by atoms with Crippen molar-refractivity contribution in [3.63, 3.8) is 0 Å². The van der Waals surface area contributed by atoms with Gasteiger partial charge in [0.15, 0.2) is 9.84 Å². The molecule has 204 valence electrons. The van der Waals surface area contributed by atoms with Crippen molar-refractivity contribution in [1.82, 2.24) is 0 Å². The van der Waals surface area contributed by atoms with Gasteiger partial charge in [0.25, 0.3) is 0 Å². The van der Waals surface area contributed by atoms with Crippen LogP contribution < -0.4 is 4.90 Å². The number of ether oxygens (including phenoxy) is 1. The van der Waals surface area contributed by atoms with Crippen LogP contribution in [0, 0.1) is 11.7 Å². The number of carbonyl (C=O) groups is 2. The van der Waals surface area contributed by atoms with Crippen LogP contribution in [0.15, 0.2) is 77.7 Å². The summed E-state index contributed by atoms with van der Waals surface area (Å²) in [5.74, 6) is -1.21. The summed E-state index contributed by atoms with van der Waals surface area (Å²) in [7, 11) is -2.33. The Balaban J connectivity index is 1.61. The van der Waals surface area contributed by atoms with Crippen LogP contribution in [0.3, 0.4) is 0 Å². The van der Waals surface area contributed by atoms with Crippen LogP contribution in [0.5, 0.6) is 0 Å². The first-order valence-electron chi connectivity index (χ1n) is 12.9. The number of methoxy groups -OCH3 is 1. The average Bonchev–Trinajstić information content (AvgIpc) is 2.94. The van der Waals surface area contributed by atoms with Crippen LogP contribution in [0.2, 0.25) is 0 Å². The molecule has 3 aromatic rings. The molecule has 1 saturated carbocycles. The van der Waals surface area contributed by atoms with Gasteiger partial charge in [0, 0.05) is 23.9 Å². The van der Waals surface area contributed by atoms with E-state index < -0.39 is 21.6 Å². The number of anilines is 1. The van der Waals surface area contributed by atoms with E-state index in [1.807, 2.05) is 48.5 Å². The third kappa shape index (κ3) is 7.20. The van der Waals surface area contributed by atoms with Crippen LogP contribution in [0.4, 0.5) is 10.1 Å². The maximum atomic E-state index is 14.4. The lowest BCUT2D eigenvalue weighted by molar-refractivity contribution is -0.134. The lowest BCUT2D eigenvalue weighted by atomic mass is 9.88. The highest BCUT2D eigenvalue weighted by Crippen LogP contribution is 2.30. The summed E-state index contributed by atoms with van der Waals surface area (Å²) in [4.78, 5) is 26.7. The Morgan fingerprint density at radius 1 is 0.974 bits per heavy atom. The normalized spacial score (nSPS) is 14.3. The van der Waals surface area contributed by atoms with E-state index in [9.17, 15) is 22.4 Å². The first-order valence-corrected chi connectivity index (χ1v) is 14.8. The molecule has 39 heavy (non-hydrogen) atoms. The van der Waals surface area contributed by atoms with Gasteiger partial charge in [0.1, 0.15) is 10.7 Å². The molecular weight excluding hydrogens is 517 g/mol. The summed E-state index contributed by atoms with van der Waals surface area (Å²) in [6, 6.07) is 19.0. The summed E-state index contributed by atoms with van der Waals surface area (Å²) in [5, 5.41) is 0. The molecule has 1 amide bonds. The third-order valence-corrected chi connectivity index (χ3v) is 8.10. The second-order valence-corrected chi connectivity index (χ2v) is 11.8. The van der Waals surface area contributed by atoms with Gasteiger partial charge < -0.3 is 9.64 Å². The number of carbonyl (C=O) groups excluding carboxylic acids is 2. The zero-order valence-electron chi connectivity index (χ0n) is 22.1. The SMILES string of the molecule is COC(=O)/C=C/c1cccc(N(Cc2ccc(-c3ccc(S(C)(=O)=O)c(F)c3)cc2)C(=O)C2CCCCC2)c1. The van der Waals surface area contributed by atoms with Crippen LogP contribution in [-0.2, 0) is 30.7 Å². The molecule has 0 N–H and O–H groups in total. The van der Waals surface area contributed by atoms with E-state index in [4.69, 9.17) is 0 Å². The summed E-state index contributed by atoms with van der Waals surface area (Å²) < 4.78 is 42.6. The van der Waals surface area contributed by atoms with Crippen molar-refractivity contribution < 1.29 is 27.1 Å². The summed E-state index contributed by atoms with van der Waals surface area (Å²) in [5.41, 5.74) is 3.70. The number of halogens is 1. The van der Waals surface area contributed by atoms with E-state index in [-0.39, 0.29) is 16.7 Å². The number of hydrogen-bond acceptors (Lipinski definition) is 5. The Kier molecular flexibility index (Phi) is 8.97. The maximum absolute atomic E-state index is 14.4. The Bertz CT molecular complexity index is 1480. The number of nitrogens with zero attached hydrogens (tertiary/aromatic N) is 1. The first kappa shape index (κ1) is 28.2. The molecule has 0 spiro atoms. The van der Waals surface area contributed by atoms with E-state index >= 15 is 0 Å². The van der Waals surface area contributed by atoms with E-state index in [1.54, 1.807) is 17.0 Å². The van der Waals surface area contributed by atoms with Crippen molar-refractivity contribution in [3.05, 3.63) is 89.8 Å². The largest absolute Gasteiger partial charge is 0.466 e. The Hall–Kier alpha value is -3.78. The molecule has 1 fully saturated rings. The third-order valence-electron chi connectivity index (χ3n) is 6.97. The molecule has 0 aliphatic heterocycles. The lowest BCUT2D eigenvalue weighted by Crippen LogP contribution is -2.36. The molecule has 0 saturated heterocycles. The lowest BCUT2D eigenvalue weighted by Gasteiger charge is -2.30. The highest BCUT2D eigenvalue weighted by Gasteiger charge is 2.27. The second-order valence-electron chi connectivity index (χ2n) is 9.83. The fourth-order valence-electron chi connectivity index (χ4n) is 4.86. The smallest absolute Gasteiger partial charge is 0.330 e. The highest BCUT2D eigenvalue weighted by atomic mass is 32.2. The number of benzene rings is 3. The van der Waals surface area contributed by atoms with Gasteiger partial charge >= 0.3 is 5.97 Å². The van der Waals surface area contributed by atoms with Crippen molar-refractivity contribution in [2.24, 2.45) is 5.92 Å². The van der Waals surface area contributed by atoms with Gasteiger partial charge in [-0.15, -0.1) is 0 Å². The van der Waals surface area contributed by atoms with Crippen molar-refractivity contribution in [1.29, 1.82) is 0 Å². The monoisotopic (exact) mass is 549 g/mol. The predicted molar refractivity (Wildman–Crippen MR) is 150 cm³/mol. The van der Waals surface area contributed by atoms with E-state index in [0.29, 0.717) is 12.1 Å². The van der Waals surface area contributed by atoms with E-state index in [1.165, 1.54) is 25.3 Å². The van der Waals surface area contributed by atoms with Crippen LogP contribution >= 0.6 is 0 Å². The predicted octanol–water partition coefficient (Wildman–Crippen LogP) is 6.20. The molecule has 4 rings (SSSR count). The molecule has 0 aromatic heterocycles. The van der Waals surface area contributed by atoms with Crippen LogP contribution in [0.25, 0.3) is 17.2 Å². The molecule has 0 bridgehead atoms. The minimum atomic E-state index is -3.65. The maximum Gasteiger partial charge on any atom is 0.330 e. The van der Waals surface area contributed by atoms with Crippen LogP contribution in [-0.4, -0.2) is 33.7 Å². The molecule has 0 unspecified atom stereocenters. The van der Waals surface area contributed by atoms with Gasteiger partial charge in [0.05, 0.1) is 13.7 Å². The quantitative estimate of drug-likeness (QED) is 0.247. The Labute approximate surface area is 229 Å². The van der Waals surface area contributed by atoms with Gasteiger partial charge in [-0.1, -0.05) is 61.7 Å². The van der Waals surface area contributed by atoms with E-state index in [2.05, 4.69) is 4.74 Å². The second kappa shape index (κ2) is 12.4. The molecule has 3 aromatic carbocycles. The number of sulfone groups is 1. The zero-order valence-corrected chi connectivity index (χ0v) is 22.9. The fraction of sp³-hybridized carbons (Fsp3) is 0.290. The molecule has 1 aliphatic carbocycles.